The molecule has 1 atom stereocenters. The van der Waals surface area contributed by atoms with Gasteiger partial charge in [0.2, 0.25) is 0 Å². The van der Waals surface area contributed by atoms with Crippen LogP contribution in [-0.2, 0) is 12.6 Å². The Morgan fingerprint density at radius 3 is 2.61 bits per heavy atom. The lowest BCUT2D eigenvalue weighted by Gasteiger charge is -2.27. The second-order valence-electron chi connectivity index (χ2n) is 6.26. The summed E-state index contributed by atoms with van der Waals surface area (Å²) < 4.78 is 38.9. The summed E-state index contributed by atoms with van der Waals surface area (Å²) in [5, 5.41) is 8.01. The van der Waals surface area contributed by atoms with E-state index in [1.807, 2.05) is 23.3 Å². The van der Waals surface area contributed by atoms with Crippen molar-refractivity contribution in [3.05, 3.63) is 67.9 Å². The Hall–Kier alpha value is -2.39. The molecule has 3 heterocycles. The Kier molecular flexibility index (Phi) is 5.76. The summed E-state index contributed by atoms with van der Waals surface area (Å²) >= 11 is 7.86. The van der Waals surface area contributed by atoms with E-state index in [0.29, 0.717) is 11.9 Å². The number of thiophene rings is 1. The monoisotopic (exact) mass is 428 g/mol. The number of hydrogen-bond acceptors (Lipinski definition) is 5. The van der Waals surface area contributed by atoms with E-state index in [1.165, 1.54) is 11.8 Å². The highest BCUT2D eigenvalue weighted by atomic mass is 35.5. The third kappa shape index (κ3) is 4.20. The molecule has 0 spiro atoms. The van der Waals surface area contributed by atoms with Crippen molar-refractivity contribution in [2.24, 2.45) is 0 Å². The molecule has 5 nitrogen and oxygen atoms in total. The first kappa shape index (κ1) is 20.3. The molecule has 1 unspecified atom stereocenters. The number of rotatable bonds is 5. The van der Waals surface area contributed by atoms with Gasteiger partial charge < -0.3 is 4.90 Å². The molecule has 0 amide bonds. The Morgan fingerprint density at radius 2 is 2.04 bits per heavy atom. The molecule has 0 saturated carbocycles. The lowest BCUT2D eigenvalue weighted by molar-refractivity contribution is -0.137. The summed E-state index contributed by atoms with van der Waals surface area (Å²) in [6.07, 6.45) is -1.68. The Bertz CT molecular complexity index is 1000. The van der Waals surface area contributed by atoms with Gasteiger partial charge in [0.15, 0.2) is 5.82 Å². The molecular formula is C18H16ClF3N4OS. The molecule has 3 aromatic heterocycles. The Morgan fingerprint density at radius 1 is 1.29 bits per heavy atom. The van der Waals surface area contributed by atoms with Crippen molar-refractivity contribution in [1.29, 1.82) is 0 Å². The molecule has 0 fully saturated rings. The van der Waals surface area contributed by atoms with Crippen LogP contribution in [0.2, 0.25) is 5.02 Å². The van der Waals surface area contributed by atoms with E-state index in [9.17, 15) is 18.0 Å². The van der Waals surface area contributed by atoms with Crippen molar-refractivity contribution in [3.8, 4) is 5.82 Å². The molecule has 0 aliphatic carbocycles. The molecule has 0 aliphatic rings. The number of nitrogens with zero attached hydrogens (tertiary/aromatic N) is 4. The highest BCUT2D eigenvalue weighted by Gasteiger charge is 2.30. The zero-order valence-electron chi connectivity index (χ0n) is 14.9. The molecule has 10 heteroatoms. The molecule has 148 valence electrons. The van der Waals surface area contributed by atoms with Gasteiger partial charge in [-0.25, -0.2) is 4.98 Å². The van der Waals surface area contributed by atoms with Crippen molar-refractivity contribution in [1.82, 2.24) is 14.8 Å². The quantitative estimate of drug-likeness (QED) is 0.603. The van der Waals surface area contributed by atoms with Crippen LogP contribution >= 0.6 is 22.9 Å². The van der Waals surface area contributed by atoms with Crippen LogP contribution in [-0.4, -0.2) is 27.9 Å². The van der Waals surface area contributed by atoms with Gasteiger partial charge in [-0.3, -0.25) is 4.79 Å². The maximum Gasteiger partial charge on any atom is 0.417 e. The van der Waals surface area contributed by atoms with E-state index in [1.54, 1.807) is 18.4 Å². The molecule has 3 aromatic rings. The first-order valence-electron chi connectivity index (χ1n) is 8.24. The van der Waals surface area contributed by atoms with E-state index in [4.69, 9.17) is 11.6 Å². The van der Waals surface area contributed by atoms with Crippen molar-refractivity contribution >= 4 is 28.6 Å². The number of halogens is 4. The standard InChI is InChI=1S/C18H16ClF3N4OS/c1-11(7-12-5-6-28-10-12)25(2)14-9-24-26(17(27)16(14)19)15-4-3-13(8-23-15)18(20,21)22/h3-6,8-11H,7H2,1-2H3. The maximum atomic E-state index is 12.7. The lowest BCUT2D eigenvalue weighted by atomic mass is 10.1. The Balaban J connectivity index is 1.87. The van der Waals surface area contributed by atoms with E-state index in [2.05, 4.69) is 15.5 Å². The predicted octanol–water partition coefficient (Wildman–Crippen LogP) is 4.43. The van der Waals surface area contributed by atoms with Crippen LogP contribution in [0.1, 0.15) is 18.1 Å². The average Bonchev–Trinajstić information content (AvgIpc) is 3.16. The van der Waals surface area contributed by atoms with Gasteiger partial charge >= 0.3 is 6.18 Å². The maximum absolute atomic E-state index is 12.7. The van der Waals surface area contributed by atoms with Gasteiger partial charge in [0.1, 0.15) is 5.02 Å². The SMILES string of the molecule is CC(Cc1ccsc1)N(C)c1cnn(-c2ccc(C(F)(F)F)cn2)c(=O)c1Cl. The van der Waals surface area contributed by atoms with Crippen LogP contribution in [0.4, 0.5) is 18.9 Å². The van der Waals surface area contributed by atoms with E-state index >= 15 is 0 Å². The van der Waals surface area contributed by atoms with Crippen molar-refractivity contribution < 1.29 is 13.2 Å². The van der Waals surface area contributed by atoms with Crippen LogP contribution in [0, 0.1) is 0 Å². The van der Waals surface area contributed by atoms with Gasteiger partial charge in [-0.2, -0.15) is 34.3 Å². The normalized spacial score (nSPS) is 12.8. The summed E-state index contributed by atoms with van der Waals surface area (Å²) in [6, 6.07) is 4.00. The van der Waals surface area contributed by atoms with E-state index in [0.717, 1.165) is 23.2 Å². The Labute approximate surface area is 168 Å². The summed E-state index contributed by atoms with van der Waals surface area (Å²) in [5.74, 6) is -0.0413. The van der Waals surface area contributed by atoms with Gasteiger partial charge in [0.05, 0.1) is 17.4 Å². The largest absolute Gasteiger partial charge is 0.417 e. The highest BCUT2D eigenvalue weighted by molar-refractivity contribution is 7.07. The fourth-order valence-electron chi connectivity index (χ4n) is 2.64. The molecule has 28 heavy (non-hydrogen) atoms. The van der Waals surface area contributed by atoms with Gasteiger partial charge in [0, 0.05) is 19.3 Å². The van der Waals surface area contributed by atoms with Gasteiger partial charge in [-0.15, -0.1) is 0 Å². The molecule has 0 radical (unpaired) electrons. The molecule has 0 saturated heterocycles. The number of pyridine rings is 1. The minimum atomic E-state index is -4.51. The summed E-state index contributed by atoms with van der Waals surface area (Å²) in [7, 11) is 1.81. The van der Waals surface area contributed by atoms with E-state index < -0.39 is 17.3 Å². The van der Waals surface area contributed by atoms with Crippen LogP contribution in [0.3, 0.4) is 0 Å². The summed E-state index contributed by atoms with van der Waals surface area (Å²) in [4.78, 5) is 18.1. The number of likely N-dealkylation sites (N-methyl/N-ethyl adjacent to an activating group) is 1. The van der Waals surface area contributed by atoms with Crippen LogP contribution in [0.25, 0.3) is 5.82 Å². The van der Waals surface area contributed by atoms with Gasteiger partial charge in [-0.1, -0.05) is 11.6 Å². The van der Waals surface area contributed by atoms with Crippen molar-refractivity contribution in [2.75, 3.05) is 11.9 Å². The van der Waals surface area contributed by atoms with Crippen molar-refractivity contribution in [3.63, 3.8) is 0 Å². The molecule has 0 N–H and O–H groups in total. The fraction of sp³-hybridized carbons (Fsp3) is 0.278. The van der Waals surface area contributed by atoms with Crippen molar-refractivity contribution in [2.45, 2.75) is 25.6 Å². The minimum absolute atomic E-state index is 0.0413. The zero-order valence-corrected chi connectivity index (χ0v) is 16.5. The topological polar surface area (TPSA) is 51.0 Å². The second kappa shape index (κ2) is 7.92. The zero-order chi connectivity index (χ0) is 20.5. The van der Waals surface area contributed by atoms with Crippen LogP contribution < -0.4 is 10.5 Å². The number of hydrogen-bond donors (Lipinski definition) is 0. The highest BCUT2D eigenvalue weighted by Crippen LogP contribution is 2.29. The number of alkyl halides is 3. The average molecular weight is 429 g/mol. The molecule has 3 rings (SSSR count). The molecular weight excluding hydrogens is 413 g/mol. The smallest absolute Gasteiger partial charge is 0.369 e. The number of aromatic nitrogens is 3. The first-order chi connectivity index (χ1) is 13.2. The minimum Gasteiger partial charge on any atom is -0.369 e. The van der Waals surface area contributed by atoms with Gasteiger partial charge in [0.25, 0.3) is 5.56 Å². The fourth-order valence-corrected chi connectivity index (χ4v) is 3.58. The molecule has 0 aromatic carbocycles. The second-order valence-corrected chi connectivity index (χ2v) is 7.42. The molecule has 0 aliphatic heterocycles. The third-order valence-corrected chi connectivity index (χ3v) is 5.43. The lowest BCUT2D eigenvalue weighted by Crippen LogP contribution is -2.33. The van der Waals surface area contributed by atoms with Crippen LogP contribution in [0.15, 0.2) is 46.1 Å². The summed E-state index contributed by atoms with van der Waals surface area (Å²) in [5.41, 5.74) is 0.0586. The third-order valence-electron chi connectivity index (χ3n) is 4.35. The van der Waals surface area contributed by atoms with Gasteiger partial charge in [-0.05, 0) is 47.9 Å². The summed E-state index contributed by atoms with van der Waals surface area (Å²) in [6.45, 7) is 2.00. The molecule has 0 bridgehead atoms. The van der Waals surface area contributed by atoms with Crippen LogP contribution in [0.5, 0.6) is 0 Å². The number of anilines is 1. The first-order valence-corrected chi connectivity index (χ1v) is 9.56. The van der Waals surface area contributed by atoms with E-state index in [-0.39, 0.29) is 16.9 Å². The predicted molar refractivity (Wildman–Crippen MR) is 104 cm³/mol.